The van der Waals surface area contributed by atoms with Crippen molar-refractivity contribution in [3.8, 4) is 0 Å². The Hall–Kier alpha value is -1.74. The maximum atomic E-state index is 12.4. The summed E-state index contributed by atoms with van der Waals surface area (Å²) in [5.41, 5.74) is 6.86. The smallest absolute Gasteiger partial charge is 0.184 e. The highest BCUT2D eigenvalue weighted by molar-refractivity contribution is 6.11. The molecule has 17 heavy (non-hydrogen) atoms. The average Bonchev–Trinajstić information content (AvgIpc) is 2.34. The molecule has 0 unspecified atom stereocenters. The molecule has 1 heterocycles. The van der Waals surface area contributed by atoms with Crippen molar-refractivity contribution in [1.29, 1.82) is 0 Å². The number of carbonyl (C=O) groups excluding carboxylic acids is 1. The zero-order valence-corrected chi connectivity index (χ0v) is 9.52. The van der Waals surface area contributed by atoms with Crippen molar-refractivity contribution in [3.05, 3.63) is 42.1 Å². The van der Waals surface area contributed by atoms with E-state index in [0.717, 1.165) is 30.2 Å². The van der Waals surface area contributed by atoms with Gasteiger partial charge in [-0.25, -0.2) is 0 Å². The fourth-order valence-electron chi connectivity index (χ4n) is 2.34. The number of hydrogen-bond acceptors (Lipinski definition) is 3. The van der Waals surface area contributed by atoms with Crippen LogP contribution in [0.2, 0.25) is 0 Å². The number of carbonyl (C=O) groups is 1. The van der Waals surface area contributed by atoms with Crippen molar-refractivity contribution in [1.82, 2.24) is 4.98 Å². The topological polar surface area (TPSA) is 56.0 Å². The van der Waals surface area contributed by atoms with E-state index in [9.17, 15) is 4.79 Å². The number of ketones is 1. The SMILES string of the molecule is NC1(C(=O)c2cccc3cccnc23)CCC1. The van der Waals surface area contributed by atoms with E-state index in [1.807, 2.05) is 30.3 Å². The van der Waals surface area contributed by atoms with Crippen LogP contribution in [0.5, 0.6) is 0 Å². The second kappa shape index (κ2) is 3.64. The normalized spacial score (nSPS) is 17.7. The Labute approximate surface area is 99.7 Å². The van der Waals surface area contributed by atoms with Gasteiger partial charge in [-0.1, -0.05) is 18.2 Å². The summed E-state index contributed by atoms with van der Waals surface area (Å²) < 4.78 is 0. The number of para-hydroxylation sites is 1. The van der Waals surface area contributed by atoms with Gasteiger partial charge in [0.05, 0.1) is 11.1 Å². The molecule has 1 aromatic carbocycles. The van der Waals surface area contributed by atoms with Crippen LogP contribution in [0.1, 0.15) is 29.6 Å². The molecule has 3 rings (SSSR count). The van der Waals surface area contributed by atoms with E-state index >= 15 is 0 Å². The van der Waals surface area contributed by atoms with Crippen LogP contribution < -0.4 is 5.73 Å². The Morgan fingerprint density at radius 1 is 1.24 bits per heavy atom. The van der Waals surface area contributed by atoms with Crippen LogP contribution in [0, 0.1) is 0 Å². The lowest BCUT2D eigenvalue weighted by atomic mass is 9.72. The first kappa shape index (κ1) is 10.4. The summed E-state index contributed by atoms with van der Waals surface area (Å²) in [5, 5.41) is 0.987. The maximum absolute atomic E-state index is 12.4. The van der Waals surface area contributed by atoms with Crippen molar-refractivity contribution in [2.75, 3.05) is 0 Å². The van der Waals surface area contributed by atoms with E-state index in [-0.39, 0.29) is 5.78 Å². The maximum Gasteiger partial charge on any atom is 0.184 e. The van der Waals surface area contributed by atoms with E-state index in [0.29, 0.717) is 5.56 Å². The van der Waals surface area contributed by atoms with Crippen molar-refractivity contribution in [2.24, 2.45) is 5.73 Å². The van der Waals surface area contributed by atoms with Gasteiger partial charge in [-0.05, 0) is 31.4 Å². The largest absolute Gasteiger partial charge is 0.319 e. The van der Waals surface area contributed by atoms with Crippen molar-refractivity contribution in [3.63, 3.8) is 0 Å². The zero-order chi connectivity index (χ0) is 11.9. The second-order valence-corrected chi connectivity index (χ2v) is 4.72. The molecule has 86 valence electrons. The highest BCUT2D eigenvalue weighted by Crippen LogP contribution is 2.33. The van der Waals surface area contributed by atoms with Gasteiger partial charge < -0.3 is 5.73 Å². The molecule has 3 heteroatoms. The number of nitrogens with two attached hydrogens (primary N) is 1. The lowest BCUT2D eigenvalue weighted by molar-refractivity contribution is 0.0802. The van der Waals surface area contributed by atoms with Crippen LogP contribution in [-0.2, 0) is 0 Å². The molecule has 1 fully saturated rings. The molecule has 1 aromatic heterocycles. The standard InChI is InChI=1S/C14H14N2O/c15-14(7-3-8-14)13(17)11-6-1-4-10-5-2-9-16-12(10)11/h1-2,4-6,9H,3,7-8,15H2. The molecule has 0 amide bonds. The van der Waals surface area contributed by atoms with Crippen LogP contribution in [0.4, 0.5) is 0 Å². The molecule has 0 aliphatic heterocycles. The highest BCUT2D eigenvalue weighted by atomic mass is 16.1. The van der Waals surface area contributed by atoms with Gasteiger partial charge in [-0.3, -0.25) is 9.78 Å². The quantitative estimate of drug-likeness (QED) is 0.799. The number of aromatic nitrogens is 1. The number of nitrogens with zero attached hydrogens (tertiary/aromatic N) is 1. The number of pyridine rings is 1. The Morgan fingerprint density at radius 2 is 2.00 bits per heavy atom. The minimum absolute atomic E-state index is 0.0352. The summed E-state index contributed by atoms with van der Waals surface area (Å²) in [6.07, 6.45) is 4.33. The minimum atomic E-state index is -0.647. The van der Waals surface area contributed by atoms with Gasteiger partial charge in [0.25, 0.3) is 0 Å². The van der Waals surface area contributed by atoms with Gasteiger partial charge in [-0.2, -0.15) is 0 Å². The monoisotopic (exact) mass is 226 g/mol. The highest BCUT2D eigenvalue weighted by Gasteiger charge is 2.41. The number of benzene rings is 1. The number of Topliss-reactive ketones (excluding diaryl/α,β-unsaturated/α-hetero) is 1. The molecule has 3 nitrogen and oxygen atoms in total. The second-order valence-electron chi connectivity index (χ2n) is 4.72. The molecule has 0 saturated heterocycles. The van der Waals surface area contributed by atoms with Gasteiger partial charge in [0, 0.05) is 17.1 Å². The molecule has 1 aliphatic carbocycles. The minimum Gasteiger partial charge on any atom is -0.319 e. The lowest BCUT2D eigenvalue weighted by Gasteiger charge is -2.36. The molecule has 0 radical (unpaired) electrons. The van der Waals surface area contributed by atoms with E-state index in [2.05, 4.69) is 4.98 Å². The Kier molecular flexibility index (Phi) is 2.23. The number of fused-ring (bicyclic) bond motifs is 1. The lowest BCUT2D eigenvalue weighted by Crippen LogP contribution is -2.53. The van der Waals surface area contributed by atoms with Crippen LogP contribution in [-0.4, -0.2) is 16.3 Å². The predicted molar refractivity (Wildman–Crippen MR) is 66.8 cm³/mol. The summed E-state index contributed by atoms with van der Waals surface area (Å²) in [6.45, 7) is 0. The van der Waals surface area contributed by atoms with E-state index in [1.54, 1.807) is 6.20 Å². The summed E-state index contributed by atoms with van der Waals surface area (Å²) in [7, 11) is 0. The van der Waals surface area contributed by atoms with Gasteiger partial charge >= 0.3 is 0 Å². The fourth-order valence-corrected chi connectivity index (χ4v) is 2.34. The molecule has 0 bridgehead atoms. The van der Waals surface area contributed by atoms with Crippen molar-refractivity contribution in [2.45, 2.75) is 24.8 Å². The zero-order valence-electron chi connectivity index (χ0n) is 9.52. The van der Waals surface area contributed by atoms with Crippen LogP contribution in [0.3, 0.4) is 0 Å². The Balaban J connectivity index is 2.14. The first-order chi connectivity index (χ1) is 8.21. The summed E-state index contributed by atoms with van der Waals surface area (Å²) >= 11 is 0. The van der Waals surface area contributed by atoms with E-state index in [1.165, 1.54) is 0 Å². The molecule has 1 aliphatic rings. The molecule has 2 aromatic rings. The van der Waals surface area contributed by atoms with Crippen molar-refractivity contribution >= 4 is 16.7 Å². The predicted octanol–water partition coefficient (Wildman–Crippen LogP) is 2.30. The molecule has 0 atom stereocenters. The van der Waals surface area contributed by atoms with Crippen LogP contribution in [0.25, 0.3) is 10.9 Å². The molecular weight excluding hydrogens is 212 g/mol. The van der Waals surface area contributed by atoms with Gasteiger partial charge in [-0.15, -0.1) is 0 Å². The molecule has 1 saturated carbocycles. The Morgan fingerprint density at radius 3 is 2.71 bits per heavy atom. The third-order valence-corrected chi connectivity index (χ3v) is 3.58. The Bertz CT molecular complexity index is 582. The summed E-state index contributed by atoms with van der Waals surface area (Å²) in [4.78, 5) is 16.7. The fraction of sp³-hybridized carbons (Fsp3) is 0.286. The summed E-state index contributed by atoms with van der Waals surface area (Å²) in [5.74, 6) is 0.0352. The molecule has 2 N–H and O–H groups in total. The van der Waals surface area contributed by atoms with Crippen LogP contribution in [0.15, 0.2) is 36.5 Å². The van der Waals surface area contributed by atoms with Crippen LogP contribution >= 0.6 is 0 Å². The average molecular weight is 226 g/mol. The van der Waals surface area contributed by atoms with Crippen molar-refractivity contribution < 1.29 is 4.79 Å². The van der Waals surface area contributed by atoms with E-state index < -0.39 is 5.54 Å². The number of hydrogen-bond donors (Lipinski definition) is 1. The summed E-state index contributed by atoms with van der Waals surface area (Å²) in [6, 6.07) is 9.51. The first-order valence-corrected chi connectivity index (χ1v) is 5.88. The molecule has 0 spiro atoms. The molecular formula is C14H14N2O. The number of rotatable bonds is 2. The van der Waals surface area contributed by atoms with Gasteiger partial charge in [0.2, 0.25) is 0 Å². The third-order valence-electron chi connectivity index (χ3n) is 3.58. The van der Waals surface area contributed by atoms with Gasteiger partial charge in [0.1, 0.15) is 0 Å². The third kappa shape index (κ3) is 1.54. The first-order valence-electron chi connectivity index (χ1n) is 5.88. The van der Waals surface area contributed by atoms with Gasteiger partial charge in [0.15, 0.2) is 5.78 Å². The van der Waals surface area contributed by atoms with E-state index in [4.69, 9.17) is 5.73 Å².